The number of nitrogens with one attached hydrogen (secondary N) is 1. The highest BCUT2D eigenvalue weighted by Gasteiger charge is 2.57. The molecule has 4 atom stereocenters. The third-order valence-corrected chi connectivity index (χ3v) is 5.18. The predicted octanol–water partition coefficient (Wildman–Crippen LogP) is 2.21. The van der Waals surface area contributed by atoms with E-state index in [1.807, 2.05) is 26.8 Å². The SMILES string of the molecule is CC(=O)N[C@@H]1CC(=O)[C@@]2(CC(=O)O[C@@H]2/C=C(\C)CCC=C(C)C)C[C@@H]1O. The average Bonchev–Trinajstić information content (AvgIpc) is 2.80. The van der Waals surface area contributed by atoms with Crippen LogP contribution in [0.25, 0.3) is 0 Å². The monoisotopic (exact) mass is 363 g/mol. The number of carbonyl (C=O) groups is 3. The Kier molecular flexibility index (Phi) is 6.39. The van der Waals surface area contributed by atoms with Gasteiger partial charge in [-0.2, -0.15) is 0 Å². The van der Waals surface area contributed by atoms with Crippen molar-refractivity contribution in [1.82, 2.24) is 5.32 Å². The highest BCUT2D eigenvalue weighted by molar-refractivity contribution is 5.94. The fraction of sp³-hybridized carbons (Fsp3) is 0.650. The molecule has 0 radical (unpaired) electrons. The molecule has 2 fully saturated rings. The van der Waals surface area contributed by atoms with Crippen molar-refractivity contribution in [2.75, 3.05) is 0 Å². The summed E-state index contributed by atoms with van der Waals surface area (Å²) in [6.45, 7) is 7.40. The molecule has 1 saturated carbocycles. The maximum Gasteiger partial charge on any atom is 0.307 e. The van der Waals surface area contributed by atoms with Gasteiger partial charge >= 0.3 is 5.97 Å². The van der Waals surface area contributed by atoms with Crippen LogP contribution in [0.4, 0.5) is 0 Å². The zero-order valence-corrected chi connectivity index (χ0v) is 16.0. The van der Waals surface area contributed by atoms with Crippen LogP contribution in [-0.2, 0) is 19.1 Å². The Morgan fingerprint density at radius 1 is 1.31 bits per heavy atom. The molecule has 1 heterocycles. The number of rotatable bonds is 5. The highest BCUT2D eigenvalue weighted by atomic mass is 16.6. The molecular weight excluding hydrogens is 334 g/mol. The molecule has 0 aromatic carbocycles. The fourth-order valence-electron chi connectivity index (χ4n) is 3.80. The zero-order valence-electron chi connectivity index (χ0n) is 16.0. The lowest BCUT2D eigenvalue weighted by Crippen LogP contribution is -2.55. The van der Waals surface area contributed by atoms with Gasteiger partial charge in [-0.05, 0) is 46.1 Å². The van der Waals surface area contributed by atoms with Gasteiger partial charge in [0.05, 0.1) is 24.0 Å². The van der Waals surface area contributed by atoms with Crippen LogP contribution < -0.4 is 5.32 Å². The van der Waals surface area contributed by atoms with Crippen LogP contribution in [-0.4, -0.2) is 41.0 Å². The molecule has 0 bridgehead atoms. The normalized spacial score (nSPS) is 31.7. The first-order valence-corrected chi connectivity index (χ1v) is 9.12. The average molecular weight is 363 g/mol. The second-order valence-electron chi connectivity index (χ2n) is 7.78. The van der Waals surface area contributed by atoms with E-state index < -0.39 is 29.6 Å². The van der Waals surface area contributed by atoms with Crippen molar-refractivity contribution in [1.29, 1.82) is 0 Å². The van der Waals surface area contributed by atoms with Crippen LogP contribution in [0.2, 0.25) is 0 Å². The number of hydrogen-bond donors (Lipinski definition) is 2. The summed E-state index contributed by atoms with van der Waals surface area (Å²) in [5, 5.41) is 13.1. The molecule has 0 aromatic rings. The van der Waals surface area contributed by atoms with Crippen molar-refractivity contribution >= 4 is 17.7 Å². The van der Waals surface area contributed by atoms with Crippen molar-refractivity contribution in [2.45, 2.75) is 78.0 Å². The van der Waals surface area contributed by atoms with E-state index in [2.05, 4.69) is 11.4 Å². The van der Waals surface area contributed by atoms with Crippen LogP contribution in [0.15, 0.2) is 23.3 Å². The number of cyclic esters (lactones) is 1. The Balaban J connectivity index is 2.17. The van der Waals surface area contributed by atoms with Gasteiger partial charge in [0, 0.05) is 13.3 Å². The van der Waals surface area contributed by atoms with Crippen molar-refractivity contribution in [3.05, 3.63) is 23.3 Å². The minimum Gasteiger partial charge on any atom is -0.457 e. The number of aliphatic hydroxyl groups excluding tert-OH is 1. The molecule has 1 amide bonds. The number of amides is 1. The second kappa shape index (κ2) is 8.16. The van der Waals surface area contributed by atoms with Crippen molar-refractivity contribution in [2.24, 2.45) is 5.41 Å². The van der Waals surface area contributed by atoms with E-state index in [9.17, 15) is 19.5 Å². The number of hydrogen-bond acceptors (Lipinski definition) is 5. The maximum atomic E-state index is 12.9. The molecule has 6 heteroatoms. The Bertz CT molecular complexity index is 647. The summed E-state index contributed by atoms with van der Waals surface area (Å²) in [5.74, 6) is -0.837. The molecule has 26 heavy (non-hydrogen) atoms. The lowest BCUT2D eigenvalue weighted by Gasteiger charge is -2.40. The van der Waals surface area contributed by atoms with Gasteiger partial charge in [-0.15, -0.1) is 0 Å². The van der Waals surface area contributed by atoms with Gasteiger partial charge < -0.3 is 15.2 Å². The summed E-state index contributed by atoms with van der Waals surface area (Å²) in [6.07, 6.45) is 4.28. The number of ketones is 1. The standard InChI is InChI=1S/C20H29NO5/c1-12(2)6-5-7-13(3)8-18-20(11-19(25)26-18)10-16(23)15(9-17(20)24)21-14(4)22/h6,8,15-16,18,23H,5,7,9-11H2,1-4H3,(H,21,22)/b13-8+/t15-,16+,18-,20+/m1/s1. The van der Waals surface area contributed by atoms with E-state index >= 15 is 0 Å². The Morgan fingerprint density at radius 3 is 2.62 bits per heavy atom. The molecule has 2 N–H and O–H groups in total. The minimum atomic E-state index is -1.02. The van der Waals surface area contributed by atoms with Gasteiger partial charge in [0.15, 0.2) is 0 Å². The number of carbonyl (C=O) groups excluding carboxylic acids is 3. The van der Waals surface area contributed by atoms with Gasteiger partial charge in [0.1, 0.15) is 11.9 Å². The van der Waals surface area contributed by atoms with Gasteiger partial charge in [0.2, 0.25) is 5.91 Å². The molecular formula is C20H29NO5. The van der Waals surface area contributed by atoms with E-state index in [1.54, 1.807) is 0 Å². The molecule has 1 saturated heterocycles. The van der Waals surface area contributed by atoms with E-state index in [0.29, 0.717) is 0 Å². The number of ether oxygens (including phenoxy) is 1. The lowest BCUT2D eigenvalue weighted by molar-refractivity contribution is -0.141. The number of allylic oxidation sites excluding steroid dienone is 3. The summed E-state index contributed by atoms with van der Waals surface area (Å²) < 4.78 is 5.44. The fourth-order valence-corrected chi connectivity index (χ4v) is 3.80. The van der Waals surface area contributed by atoms with Crippen molar-refractivity contribution in [3.8, 4) is 0 Å². The van der Waals surface area contributed by atoms with E-state index in [0.717, 1.165) is 18.4 Å². The second-order valence-corrected chi connectivity index (χ2v) is 7.78. The summed E-state index contributed by atoms with van der Waals surface area (Å²) in [6, 6.07) is -0.607. The first kappa shape index (κ1) is 20.4. The lowest BCUT2D eigenvalue weighted by atomic mass is 9.65. The highest BCUT2D eigenvalue weighted by Crippen LogP contribution is 2.46. The van der Waals surface area contributed by atoms with E-state index in [4.69, 9.17) is 4.74 Å². The van der Waals surface area contributed by atoms with Gasteiger partial charge in [-0.1, -0.05) is 17.2 Å². The van der Waals surface area contributed by atoms with Crippen LogP contribution in [0, 0.1) is 5.41 Å². The van der Waals surface area contributed by atoms with E-state index in [-0.39, 0.29) is 31.0 Å². The molecule has 1 spiro atoms. The largest absolute Gasteiger partial charge is 0.457 e. The summed E-state index contributed by atoms with van der Waals surface area (Å²) >= 11 is 0. The molecule has 2 rings (SSSR count). The molecule has 1 aliphatic carbocycles. The molecule has 6 nitrogen and oxygen atoms in total. The molecule has 1 aliphatic heterocycles. The minimum absolute atomic E-state index is 0.0124. The third kappa shape index (κ3) is 4.61. The quantitative estimate of drug-likeness (QED) is 0.577. The van der Waals surface area contributed by atoms with Crippen LogP contribution in [0.5, 0.6) is 0 Å². The smallest absolute Gasteiger partial charge is 0.307 e. The predicted molar refractivity (Wildman–Crippen MR) is 97.2 cm³/mol. The van der Waals surface area contributed by atoms with Crippen molar-refractivity contribution < 1.29 is 24.2 Å². The molecule has 144 valence electrons. The first-order chi connectivity index (χ1) is 12.1. The number of Topliss-reactive ketones (excluding diaryl/α,β-unsaturated/α-hetero) is 1. The number of esters is 1. The Hall–Kier alpha value is -1.95. The topological polar surface area (TPSA) is 92.7 Å². The number of aliphatic hydroxyl groups is 1. The van der Waals surface area contributed by atoms with E-state index in [1.165, 1.54) is 12.5 Å². The maximum absolute atomic E-state index is 12.9. The Labute approximate surface area is 154 Å². The molecule has 2 aliphatic rings. The molecule has 0 unspecified atom stereocenters. The van der Waals surface area contributed by atoms with Crippen molar-refractivity contribution in [3.63, 3.8) is 0 Å². The van der Waals surface area contributed by atoms with Gasteiger partial charge in [-0.3, -0.25) is 14.4 Å². The Morgan fingerprint density at radius 2 is 2.00 bits per heavy atom. The van der Waals surface area contributed by atoms with Gasteiger partial charge in [-0.25, -0.2) is 0 Å². The van der Waals surface area contributed by atoms with Crippen LogP contribution >= 0.6 is 0 Å². The van der Waals surface area contributed by atoms with Crippen LogP contribution in [0.3, 0.4) is 0 Å². The van der Waals surface area contributed by atoms with Crippen LogP contribution in [0.1, 0.15) is 59.8 Å². The summed E-state index contributed by atoms with van der Waals surface area (Å²) in [7, 11) is 0. The summed E-state index contributed by atoms with van der Waals surface area (Å²) in [5.41, 5.74) is 1.27. The first-order valence-electron chi connectivity index (χ1n) is 9.12. The van der Waals surface area contributed by atoms with Gasteiger partial charge in [0.25, 0.3) is 0 Å². The zero-order chi connectivity index (χ0) is 19.5. The summed E-state index contributed by atoms with van der Waals surface area (Å²) in [4.78, 5) is 36.1. The third-order valence-electron chi connectivity index (χ3n) is 5.18. The molecule has 0 aromatic heterocycles.